The van der Waals surface area contributed by atoms with Crippen LogP contribution in [0.4, 0.5) is 5.82 Å². The van der Waals surface area contributed by atoms with Gasteiger partial charge in [0.1, 0.15) is 11.6 Å². The summed E-state index contributed by atoms with van der Waals surface area (Å²) in [4.78, 5) is 4.70. The number of ether oxygens (including phenoxy) is 1. The molecule has 4 nitrogen and oxygen atoms in total. The van der Waals surface area contributed by atoms with Gasteiger partial charge in [-0.15, -0.1) is 0 Å². The highest BCUT2D eigenvalue weighted by Gasteiger charge is 2.20. The van der Waals surface area contributed by atoms with Crippen molar-refractivity contribution >= 4 is 5.82 Å². The standard InChI is InChI=1S/C13H25N3O/c1-6-7-16-12(14)11(10(4)8-17-5)15-13(16)9(2)3/h9-10H,6-8,14H2,1-5H3. The molecule has 0 saturated carbocycles. The predicted octanol–water partition coefficient (Wildman–Crippen LogP) is 2.75. The fraction of sp³-hybridized carbons (Fsp3) is 0.769. The van der Waals surface area contributed by atoms with Crippen molar-refractivity contribution in [3.63, 3.8) is 0 Å². The van der Waals surface area contributed by atoms with E-state index in [1.54, 1.807) is 7.11 Å². The van der Waals surface area contributed by atoms with Crippen molar-refractivity contribution in [2.45, 2.75) is 52.5 Å². The Labute approximate surface area is 104 Å². The van der Waals surface area contributed by atoms with Crippen LogP contribution in [0.15, 0.2) is 0 Å². The minimum atomic E-state index is 0.246. The van der Waals surface area contributed by atoms with Gasteiger partial charge in [-0.3, -0.25) is 0 Å². The molecule has 1 aromatic heterocycles. The summed E-state index contributed by atoms with van der Waals surface area (Å²) < 4.78 is 7.32. The quantitative estimate of drug-likeness (QED) is 0.830. The average Bonchev–Trinajstić information content (AvgIpc) is 2.58. The van der Waals surface area contributed by atoms with Gasteiger partial charge >= 0.3 is 0 Å². The second kappa shape index (κ2) is 6.05. The fourth-order valence-corrected chi connectivity index (χ4v) is 2.09. The summed E-state index contributed by atoms with van der Waals surface area (Å²) in [7, 11) is 1.71. The van der Waals surface area contributed by atoms with E-state index in [2.05, 4.69) is 32.3 Å². The third kappa shape index (κ3) is 3.00. The Hall–Kier alpha value is -1.03. The van der Waals surface area contributed by atoms with Crippen LogP contribution >= 0.6 is 0 Å². The van der Waals surface area contributed by atoms with E-state index in [1.807, 2.05) is 0 Å². The Balaban J connectivity index is 3.11. The van der Waals surface area contributed by atoms with E-state index in [0.717, 1.165) is 30.3 Å². The van der Waals surface area contributed by atoms with Gasteiger partial charge in [-0.2, -0.15) is 0 Å². The molecule has 1 atom stereocenters. The molecule has 0 fully saturated rings. The minimum absolute atomic E-state index is 0.246. The van der Waals surface area contributed by atoms with Gasteiger partial charge in [-0.1, -0.05) is 27.7 Å². The molecular weight excluding hydrogens is 214 g/mol. The van der Waals surface area contributed by atoms with Gasteiger partial charge in [-0.25, -0.2) is 4.98 Å². The molecule has 1 aromatic rings. The van der Waals surface area contributed by atoms with Gasteiger partial charge in [0.05, 0.1) is 12.3 Å². The Morgan fingerprint density at radius 2 is 2.00 bits per heavy atom. The summed E-state index contributed by atoms with van der Waals surface area (Å²) in [6.45, 7) is 10.2. The van der Waals surface area contributed by atoms with E-state index in [1.165, 1.54) is 0 Å². The van der Waals surface area contributed by atoms with E-state index >= 15 is 0 Å². The second-order valence-electron chi connectivity index (χ2n) is 4.90. The number of nitrogens with two attached hydrogens (primary N) is 1. The number of hydrogen-bond acceptors (Lipinski definition) is 3. The normalized spacial score (nSPS) is 13.3. The SMILES string of the molecule is CCCn1c(C(C)C)nc(C(C)COC)c1N. The zero-order valence-corrected chi connectivity index (χ0v) is 11.7. The largest absolute Gasteiger partial charge is 0.384 e. The summed E-state index contributed by atoms with van der Waals surface area (Å²) in [5, 5.41) is 0. The van der Waals surface area contributed by atoms with E-state index in [4.69, 9.17) is 15.5 Å². The van der Waals surface area contributed by atoms with Crippen LogP contribution in [0.2, 0.25) is 0 Å². The van der Waals surface area contributed by atoms with Crippen molar-refractivity contribution in [3.05, 3.63) is 11.5 Å². The van der Waals surface area contributed by atoms with Crippen LogP contribution < -0.4 is 5.73 Å². The van der Waals surface area contributed by atoms with E-state index in [9.17, 15) is 0 Å². The number of anilines is 1. The smallest absolute Gasteiger partial charge is 0.127 e. The molecule has 1 unspecified atom stereocenters. The fourth-order valence-electron chi connectivity index (χ4n) is 2.09. The molecule has 0 radical (unpaired) electrons. The van der Waals surface area contributed by atoms with Crippen LogP contribution in [-0.2, 0) is 11.3 Å². The van der Waals surface area contributed by atoms with Crippen LogP contribution in [-0.4, -0.2) is 23.3 Å². The molecule has 0 aromatic carbocycles. The molecule has 2 N–H and O–H groups in total. The van der Waals surface area contributed by atoms with Gasteiger partial charge in [0.15, 0.2) is 0 Å². The molecular formula is C13H25N3O. The lowest BCUT2D eigenvalue weighted by Gasteiger charge is -2.11. The van der Waals surface area contributed by atoms with E-state index in [0.29, 0.717) is 12.5 Å². The number of nitrogens with zero attached hydrogens (tertiary/aromatic N) is 2. The number of hydrogen-bond donors (Lipinski definition) is 1. The Kier molecular flexibility index (Phi) is 5.00. The van der Waals surface area contributed by atoms with Gasteiger partial charge in [0.2, 0.25) is 0 Å². The highest BCUT2D eigenvalue weighted by atomic mass is 16.5. The van der Waals surface area contributed by atoms with Crippen molar-refractivity contribution < 1.29 is 4.74 Å². The topological polar surface area (TPSA) is 53.1 Å². The lowest BCUT2D eigenvalue weighted by Crippen LogP contribution is -2.09. The number of rotatable bonds is 6. The predicted molar refractivity (Wildman–Crippen MR) is 71.3 cm³/mol. The van der Waals surface area contributed by atoms with E-state index < -0.39 is 0 Å². The highest BCUT2D eigenvalue weighted by Crippen LogP contribution is 2.27. The Morgan fingerprint density at radius 3 is 2.47 bits per heavy atom. The number of methoxy groups -OCH3 is 1. The summed E-state index contributed by atoms with van der Waals surface area (Å²) in [6.07, 6.45) is 1.07. The first-order valence-electron chi connectivity index (χ1n) is 6.37. The first-order valence-corrected chi connectivity index (χ1v) is 6.37. The van der Waals surface area contributed by atoms with Crippen LogP contribution in [0.3, 0.4) is 0 Å². The van der Waals surface area contributed by atoms with Crippen molar-refractivity contribution in [3.8, 4) is 0 Å². The number of imidazole rings is 1. The molecule has 98 valence electrons. The second-order valence-corrected chi connectivity index (χ2v) is 4.90. The first kappa shape index (κ1) is 14.0. The molecule has 4 heteroatoms. The summed E-state index contributed by atoms with van der Waals surface area (Å²) in [5.41, 5.74) is 7.18. The van der Waals surface area contributed by atoms with Crippen LogP contribution in [0.5, 0.6) is 0 Å². The molecule has 0 saturated heterocycles. The summed E-state index contributed by atoms with van der Waals surface area (Å²) >= 11 is 0. The van der Waals surface area contributed by atoms with Gasteiger partial charge < -0.3 is 15.0 Å². The van der Waals surface area contributed by atoms with Crippen molar-refractivity contribution in [1.82, 2.24) is 9.55 Å². The molecule has 0 aliphatic carbocycles. The molecule has 1 rings (SSSR count). The maximum absolute atomic E-state index is 6.20. The lowest BCUT2D eigenvalue weighted by atomic mass is 10.1. The van der Waals surface area contributed by atoms with Gasteiger partial charge in [0, 0.05) is 25.5 Å². The maximum atomic E-state index is 6.20. The number of aromatic nitrogens is 2. The molecule has 0 aliphatic rings. The van der Waals surface area contributed by atoms with E-state index in [-0.39, 0.29) is 5.92 Å². The third-order valence-corrected chi connectivity index (χ3v) is 2.91. The molecule has 0 bridgehead atoms. The van der Waals surface area contributed by atoms with Crippen molar-refractivity contribution in [2.24, 2.45) is 0 Å². The van der Waals surface area contributed by atoms with Crippen molar-refractivity contribution in [2.75, 3.05) is 19.5 Å². The lowest BCUT2D eigenvalue weighted by molar-refractivity contribution is 0.183. The monoisotopic (exact) mass is 239 g/mol. The zero-order valence-electron chi connectivity index (χ0n) is 11.7. The van der Waals surface area contributed by atoms with Crippen LogP contribution in [0.1, 0.15) is 57.5 Å². The summed E-state index contributed by atoms with van der Waals surface area (Å²) in [5.74, 6) is 2.53. The molecule has 0 aliphatic heterocycles. The van der Waals surface area contributed by atoms with Gasteiger partial charge in [0.25, 0.3) is 0 Å². The minimum Gasteiger partial charge on any atom is -0.384 e. The molecule has 17 heavy (non-hydrogen) atoms. The molecule has 0 spiro atoms. The van der Waals surface area contributed by atoms with Crippen molar-refractivity contribution in [1.29, 1.82) is 0 Å². The molecule has 0 amide bonds. The Morgan fingerprint density at radius 1 is 1.35 bits per heavy atom. The maximum Gasteiger partial charge on any atom is 0.127 e. The van der Waals surface area contributed by atoms with Crippen LogP contribution in [0.25, 0.3) is 0 Å². The van der Waals surface area contributed by atoms with Crippen LogP contribution in [0, 0.1) is 0 Å². The first-order chi connectivity index (χ1) is 8.02. The Bertz CT molecular complexity index is 358. The molecule has 1 heterocycles. The number of nitrogen functional groups attached to an aromatic ring is 1. The summed E-state index contributed by atoms with van der Waals surface area (Å²) in [6, 6.07) is 0. The zero-order chi connectivity index (χ0) is 13.0. The average molecular weight is 239 g/mol. The highest BCUT2D eigenvalue weighted by molar-refractivity contribution is 5.41. The van der Waals surface area contributed by atoms with Gasteiger partial charge in [-0.05, 0) is 6.42 Å². The third-order valence-electron chi connectivity index (χ3n) is 2.91.